The van der Waals surface area contributed by atoms with Gasteiger partial charge >= 0.3 is 5.97 Å². The topological polar surface area (TPSA) is 77.0 Å². The molecule has 0 bridgehead atoms. The van der Waals surface area contributed by atoms with Gasteiger partial charge in [0.05, 0.1) is 7.11 Å². The van der Waals surface area contributed by atoms with Gasteiger partial charge in [-0.15, -0.1) is 0 Å². The number of aromatic nitrogens is 3. The number of esters is 1. The van der Waals surface area contributed by atoms with E-state index in [1.54, 1.807) is 26.2 Å². The number of aromatic amines is 1. The first kappa shape index (κ1) is 12.1. The van der Waals surface area contributed by atoms with Crippen LogP contribution >= 0.6 is 0 Å². The number of nitrogens with zero attached hydrogens (tertiary/aromatic N) is 2. The summed E-state index contributed by atoms with van der Waals surface area (Å²) in [6.07, 6.45) is 3.14. The molecule has 18 heavy (non-hydrogen) atoms. The smallest absolute Gasteiger partial charge is 0.358 e. The van der Waals surface area contributed by atoms with Crippen molar-refractivity contribution >= 4 is 5.97 Å². The maximum atomic E-state index is 11.6. The minimum absolute atomic E-state index is 0.0569. The summed E-state index contributed by atoms with van der Waals surface area (Å²) in [6, 6.07) is 1.72. The molecule has 0 aliphatic heterocycles. The van der Waals surface area contributed by atoms with Gasteiger partial charge in [-0.25, -0.2) is 9.78 Å². The van der Waals surface area contributed by atoms with Crippen LogP contribution in [0.2, 0.25) is 0 Å². The van der Waals surface area contributed by atoms with Gasteiger partial charge in [0.2, 0.25) is 0 Å². The lowest BCUT2D eigenvalue weighted by molar-refractivity contribution is 0.0595. The summed E-state index contributed by atoms with van der Waals surface area (Å²) in [5.41, 5.74) is 1.51. The lowest BCUT2D eigenvalue weighted by Gasteiger charge is -2.03. The number of nitrogens with one attached hydrogen (secondary N) is 1. The van der Waals surface area contributed by atoms with Crippen LogP contribution in [-0.2, 0) is 11.8 Å². The van der Waals surface area contributed by atoms with Crippen molar-refractivity contribution in [2.75, 3.05) is 7.11 Å². The van der Waals surface area contributed by atoms with Crippen molar-refractivity contribution < 1.29 is 9.53 Å². The van der Waals surface area contributed by atoms with Crippen LogP contribution < -0.4 is 5.56 Å². The summed E-state index contributed by atoms with van der Waals surface area (Å²) >= 11 is 0. The molecule has 1 N–H and O–H groups in total. The summed E-state index contributed by atoms with van der Waals surface area (Å²) in [7, 11) is 2.97. The highest BCUT2D eigenvalue weighted by atomic mass is 16.5. The molecule has 2 heterocycles. The molecule has 0 aliphatic rings. The zero-order valence-electron chi connectivity index (χ0n) is 10.4. The number of ether oxygens (including phenoxy) is 1. The quantitative estimate of drug-likeness (QED) is 0.799. The first-order valence-electron chi connectivity index (χ1n) is 5.34. The molecule has 0 atom stereocenters. The Labute approximate surface area is 103 Å². The fourth-order valence-corrected chi connectivity index (χ4v) is 1.69. The number of rotatable bonds is 2. The maximum absolute atomic E-state index is 11.6. The van der Waals surface area contributed by atoms with E-state index in [0.717, 1.165) is 5.56 Å². The number of hydrogen-bond donors (Lipinski definition) is 1. The van der Waals surface area contributed by atoms with Crippen LogP contribution in [0.5, 0.6) is 0 Å². The summed E-state index contributed by atoms with van der Waals surface area (Å²) in [4.78, 5) is 29.9. The molecule has 6 nitrogen and oxygen atoms in total. The zero-order valence-corrected chi connectivity index (χ0v) is 10.4. The Bertz CT molecular complexity index is 629. The number of pyridine rings is 1. The van der Waals surface area contributed by atoms with Crippen LogP contribution in [0.4, 0.5) is 0 Å². The van der Waals surface area contributed by atoms with Crippen molar-refractivity contribution in [2.24, 2.45) is 7.05 Å². The molecule has 0 radical (unpaired) electrons. The Morgan fingerprint density at radius 1 is 1.50 bits per heavy atom. The highest BCUT2D eigenvalue weighted by Gasteiger charge is 2.12. The summed E-state index contributed by atoms with van der Waals surface area (Å²) in [5, 5.41) is 0. The van der Waals surface area contributed by atoms with Crippen molar-refractivity contribution in [3.05, 3.63) is 40.1 Å². The number of carbonyl (C=O) groups excluding carboxylic acids is 1. The summed E-state index contributed by atoms with van der Waals surface area (Å²) in [5.74, 6) is 0.0214. The molecular weight excluding hydrogens is 234 g/mol. The second-order valence-corrected chi connectivity index (χ2v) is 3.95. The maximum Gasteiger partial charge on any atom is 0.358 e. The largest absolute Gasteiger partial charge is 0.464 e. The summed E-state index contributed by atoms with van der Waals surface area (Å²) < 4.78 is 6.05. The van der Waals surface area contributed by atoms with Crippen LogP contribution in [0.15, 0.2) is 23.3 Å². The standard InChI is InChI=1S/C12H13N3O3/c1-7-4-8(6-15(2)11(7)16)10-13-5-9(14-10)12(17)18-3/h4-6H,1-3H3,(H,13,14). The SMILES string of the molecule is COC(=O)c1c[nH]c(-c2cc(C)c(=O)n(C)c2)n1. The Kier molecular flexibility index (Phi) is 3.01. The van der Waals surface area contributed by atoms with E-state index in [9.17, 15) is 9.59 Å². The van der Waals surface area contributed by atoms with Gasteiger partial charge in [0, 0.05) is 30.6 Å². The normalized spacial score (nSPS) is 10.4. The molecular formula is C12H13N3O3. The molecule has 0 saturated heterocycles. The van der Waals surface area contributed by atoms with Crippen molar-refractivity contribution in [1.29, 1.82) is 0 Å². The third-order valence-corrected chi connectivity index (χ3v) is 2.61. The Hall–Kier alpha value is -2.37. The Balaban J connectivity index is 2.46. The molecule has 6 heteroatoms. The minimum atomic E-state index is -0.501. The highest BCUT2D eigenvalue weighted by molar-refractivity contribution is 5.87. The average molecular weight is 247 g/mol. The van der Waals surface area contributed by atoms with Crippen LogP contribution in [-0.4, -0.2) is 27.6 Å². The first-order valence-corrected chi connectivity index (χ1v) is 5.34. The predicted molar refractivity (Wildman–Crippen MR) is 65.3 cm³/mol. The number of hydrogen-bond acceptors (Lipinski definition) is 4. The zero-order chi connectivity index (χ0) is 13.3. The van der Waals surface area contributed by atoms with Crippen LogP contribution in [0.3, 0.4) is 0 Å². The van der Waals surface area contributed by atoms with E-state index in [1.807, 2.05) is 0 Å². The Morgan fingerprint density at radius 3 is 2.83 bits per heavy atom. The van der Waals surface area contributed by atoms with Crippen LogP contribution in [0, 0.1) is 6.92 Å². The van der Waals surface area contributed by atoms with E-state index in [1.165, 1.54) is 17.9 Å². The van der Waals surface area contributed by atoms with Crippen molar-refractivity contribution in [1.82, 2.24) is 14.5 Å². The number of imidazole rings is 1. The molecule has 0 saturated carbocycles. The van der Waals surface area contributed by atoms with E-state index in [-0.39, 0.29) is 11.3 Å². The molecule has 0 fully saturated rings. The van der Waals surface area contributed by atoms with E-state index >= 15 is 0 Å². The number of aryl methyl sites for hydroxylation is 2. The molecule has 2 rings (SSSR count). The second kappa shape index (κ2) is 4.48. The van der Waals surface area contributed by atoms with Gasteiger partial charge < -0.3 is 14.3 Å². The Morgan fingerprint density at radius 2 is 2.22 bits per heavy atom. The third kappa shape index (κ3) is 2.04. The van der Waals surface area contributed by atoms with Gasteiger partial charge in [-0.05, 0) is 13.0 Å². The molecule has 0 spiro atoms. The van der Waals surface area contributed by atoms with Crippen LogP contribution in [0.25, 0.3) is 11.4 Å². The van der Waals surface area contributed by atoms with E-state index in [0.29, 0.717) is 11.4 Å². The van der Waals surface area contributed by atoms with Crippen molar-refractivity contribution in [3.63, 3.8) is 0 Å². The van der Waals surface area contributed by atoms with Gasteiger partial charge in [0.15, 0.2) is 5.69 Å². The van der Waals surface area contributed by atoms with Gasteiger partial charge in [0.25, 0.3) is 5.56 Å². The molecule has 0 aromatic carbocycles. The first-order chi connectivity index (χ1) is 8.52. The molecule has 0 unspecified atom stereocenters. The van der Waals surface area contributed by atoms with Gasteiger partial charge in [-0.1, -0.05) is 0 Å². The number of H-pyrrole nitrogens is 1. The third-order valence-electron chi connectivity index (χ3n) is 2.61. The van der Waals surface area contributed by atoms with E-state index < -0.39 is 5.97 Å². The fourth-order valence-electron chi connectivity index (χ4n) is 1.69. The average Bonchev–Trinajstić information content (AvgIpc) is 2.84. The van der Waals surface area contributed by atoms with Crippen molar-refractivity contribution in [3.8, 4) is 11.4 Å². The highest BCUT2D eigenvalue weighted by Crippen LogP contribution is 2.15. The molecule has 2 aromatic heterocycles. The molecule has 94 valence electrons. The lowest BCUT2D eigenvalue weighted by atomic mass is 10.2. The number of carbonyl (C=O) groups is 1. The monoisotopic (exact) mass is 247 g/mol. The van der Waals surface area contributed by atoms with E-state index in [4.69, 9.17) is 0 Å². The molecule has 2 aromatic rings. The van der Waals surface area contributed by atoms with Crippen molar-refractivity contribution in [2.45, 2.75) is 6.92 Å². The summed E-state index contributed by atoms with van der Waals surface area (Å²) in [6.45, 7) is 1.73. The fraction of sp³-hybridized carbons (Fsp3) is 0.250. The second-order valence-electron chi connectivity index (χ2n) is 3.95. The van der Waals surface area contributed by atoms with Gasteiger partial charge in [0.1, 0.15) is 5.82 Å². The number of methoxy groups -OCH3 is 1. The van der Waals surface area contributed by atoms with E-state index in [2.05, 4.69) is 14.7 Å². The lowest BCUT2D eigenvalue weighted by Crippen LogP contribution is -2.18. The van der Waals surface area contributed by atoms with Crippen LogP contribution in [0.1, 0.15) is 16.1 Å². The van der Waals surface area contributed by atoms with Gasteiger partial charge in [-0.3, -0.25) is 4.79 Å². The molecule has 0 amide bonds. The molecule has 0 aliphatic carbocycles. The predicted octanol–water partition coefficient (Wildman–Crippen LogP) is 0.870. The van der Waals surface area contributed by atoms with Gasteiger partial charge in [-0.2, -0.15) is 0 Å². The minimum Gasteiger partial charge on any atom is -0.464 e.